The molecule has 1 aliphatic rings. The molecule has 1 aliphatic heterocycles. The number of benzene rings is 2. The van der Waals surface area contributed by atoms with E-state index in [0.29, 0.717) is 17.1 Å². The van der Waals surface area contributed by atoms with Gasteiger partial charge in [0.2, 0.25) is 0 Å². The number of aromatic nitrogens is 2. The first-order valence-corrected chi connectivity index (χ1v) is 9.33. The number of anilines is 1. The van der Waals surface area contributed by atoms with Gasteiger partial charge in [-0.05, 0) is 43.5 Å². The zero-order valence-electron chi connectivity index (χ0n) is 15.4. The number of hydrogen-bond donors (Lipinski definition) is 0. The number of carbonyl (C=O) groups is 1. The molecule has 1 aromatic heterocycles. The molecule has 2 aromatic carbocycles. The van der Waals surface area contributed by atoms with Crippen LogP contribution in [0.1, 0.15) is 35.4 Å². The van der Waals surface area contributed by atoms with Gasteiger partial charge < -0.3 is 9.47 Å². The molecule has 0 saturated heterocycles. The molecule has 3 aromatic rings. The van der Waals surface area contributed by atoms with E-state index in [1.165, 1.54) is 12.1 Å². The van der Waals surface area contributed by atoms with Crippen LogP contribution in [-0.4, -0.2) is 22.5 Å². The predicted octanol–water partition coefficient (Wildman–Crippen LogP) is 4.69. The van der Waals surface area contributed by atoms with Crippen molar-refractivity contribution < 1.29 is 9.18 Å². The molecule has 1 amide bonds. The largest absolute Gasteiger partial charge is 0.327 e. The highest BCUT2D eigenvalue weighted by molar-refractivity contribution is 6.05. The second-order valence-corrected chi connectivity index (χ2v) is 6.90. The molecular formula is C22H22FN3O. The average Bonchev–Trinajstić information content (AvgIpc) is 2.88. The maximum atomic E-state index is 13.8. The summed E-state index contributed by atoms with van der Waals surface area (Å²) in [5, 5.41) is 0. The van der Waals surface area contributed by atoms with Crippen LogP contribution >= 0.6 is 0 Å². The highest BCUT2D eigenvalue weighted by atomic mass is 19.1. The summed E-state index contributed by atoms with van der Waals surface area (Å²) in [5.41, 5.74) is 2.96. The lowest BCUT2D eigenvalue weighted by Crippen LogP contribution is -2.27. The van der Waals surface area contributed by atoms with E-state index in [1.807, 2.05) is 36.4 Å². The van der Waals surface area contributed by atoms with E-state index < -0.39 is 0 Å². The number of nitrogens with zero attached hydrogens (tertiary/aromatic N) is 3. The van der Waals surface area contributed by atoms with Crippen molar-refractivity contribution in [3.05, 3.63) is 71.8 Å². The lowest BCUT2D eigenvalue weighted by atomic mass is 10.1. The molecule has 0 saturated carbocycles. The number of hydrogen-bond acceptors (Lipinski definition) is 2. The Hall–Kier alpha value is -2.95. The van der Waals surface area contributed by atoms with Gasteiger partial charge in [-0.25, -0.2) is 9.37 Å². The molecule has 0 radical (unpaired) electrons. The Morgan fingerprint density at radius 3 is 2.67 bits per heavy atom. The van der Waals surface area contributed by atoms with Gasteiger partial charge in [0.25, 0.3) is 5.91 Å². The number of carbonyl (C=O) groups excluding carboxylic acids is 1. The van der Waals surface area contributed by atoms with Crippen LogP contribution < -0.4 is 4.90 Å². The smallest absolute Gasteiger partial charge is 0.278 e. The molecule has 5 heteroatoms. The summed E-state index contributed by atoms with van der Waals surface area (Å²) in [7, 11) is 1.77. The molecule has 0 unspecified atom stereocenters. The molecule has 4 rings (SSSR count). The molecular weight excluding hydrogens is 341 g/mol. The summed E-state index contributed by atoms with van der Waals surface area (Å²) in [6, 6.07) is 16.0. The first-order chi connectivity index (χ1) is 13.1. The zero-order valence-corrected chi connectivity index (χ0v) is 15.4. The lowest BCUT2D eigenvalue weighted by molar-refractivity contribution is 0.0987. The van der Waals surface area contributed by atoms with E-state index in [9.17, 15) is 9.18 Å². The van der Waals surface area contributed by atoms with E-state index in [1.54, 1.807) is 18.0 Å². The van der Waals surface area contributed by atoms with Crippen LogP contribution in [0.5, 0.6) is 0 Å². The van der Waals surface area contributed by atoms with Crippen molar-refractivity contribution in [1.29, 1.82) is 0 Å². The maximum Gasteiger partial charge on any atom is 0.278 e. The van der Waals surface area contributed by atoms with Crippen LogP contribution in [0.4, 0.5) is 10.1 Å². The second kappa shape index (κ2) is 7.35. The molecule has 0 aliphatic carbocycles. The van der Waals surface area contributed by atoms with Crippen molar-refractivity contribution >= 4 is 11.6 Å². The Kier molecular flexibility index (Phi) is 4.75. The van der Waals surface area contributed by atoms with Gasteiger partial charge in [-0.1, -0.05) is 36.8 Å². The number of para-hydroxylation sites is 1. The highest BCUT2D eigenvalue weighted by Crippen LogP contribution is 2.29. The monoisotopic (exact) mass is 363 g/mol. The predicted molar refractivity (Wildman–Crippen MR) is 104 cm³/mol. The number of rotatable bonds is 3. The molecule has 138 valence electrons. The van der Waals surface area contributed by atoms with E-state index in [-0.39, 0.29) is 11.7 Å². The van der Waals surface area contributed by atoms with Gasteiger partial charge >= 0.3 is 0 Å². The molecule has 0 atom stereocenters. The standard InChI is InChI=1S/C22H22FN3O/c1-25(18-11-4-2-5-12-18)22(27)20-19-13-6-3-7-14-26(19)21(24-20)16-9-8-10-17(23)15-16/h2,4-5,8-12,15H,3,6-7,13-14H2,1H3. The fraction of sp³-hybridized carbons (Fsp3) is 0.273. The summed E-state index contributed by atoms with van der Waals surface area (Å²) in [5.74, 6) is 0.249. The van der Waals surface area contributed by atoms with Crippen LogP contribution in [0, 0.1) is 5.82 Å². The normalized spacial score (nSPS) is 13.7. The van der Waals surface area contributed by atoms with Crippen molar-refractivity contribution in [2.75, 3.05) is 11.9 Å². The van der Waals surface area contributed by atoms with Gasteiger partial charge in [-0.15, -0.1) is 0 Å². The Bertz CT molecular complexity index is 965. The first kappa shape index (κ1) is 17.5. The second-order valence-electron chi connectivity index (χ2n) is 6.90. The number of imidazole rings is 1. The van der Waals surface area contributed by atoms with Crippen molar-refractivity contribution in [2.24, 2.45) is 0 Å². The van der Waals surface area contributed by atoms with E-state index in [0.717, 1.165) is 43.6 Å². The Labute approximate surface area is 158 Å². The Morgan fingerprint density at radius 2 is 1.89 bits per heavy atom. The van der Waals surface area contributed by atoms with Crippen LogP contribution in [0.3, 0.4) is 0 Å². The van der Waals surface area contributed by atoms with Crippen LogP contribution in [0.25, 0.3) is 11.4 Å². The van der Waals surface area contributed by atoms with E-state index in [2.05, 4.69) is 4.57 Å². The SMILES string of the molecule is CN(C(=O)c1nc(-c2cccc(F)c2)n2c1CCCCC2)c1ccccc1. The minimum Gasteiger partial charge on any atom is -0.327 e. The minimum atomic E-state index is -0.298. The molecule has 0 bridgehead atoms. The quantitative estimate of drug-likeness (QED) is 0.677. The van der Waals surface area contributed by atoms with Crippen molar-refractivity contribution in [2.45, 2.75) is 32.2 Å². The first-order valence-electron chi connectivity index (χ1n) is 9.33. The van der Waals surface area contributed by atoms with Crippen molar-refractivity contribution in [3.63, 3.8) is 0 Å². The lowest BCUT2D eigenvalue weighted by Gasteiger charge is -2.17. The summed E-state index contributed by atoms with van der Waals surface area (Å²) >= 11 is 0. The molecule has 4 nitrogen and oxygen atoms in total. The Balaban J connectivity index is 1.80. The molecule has 2 heterocycles. The third-order valence-corrected chi connectivity index (χ3v) is 5.10. The summed E-state index contributed by atoms with van der Waals surface area (Å²) < 4.78 is 15.9. The number of amides is 1. The van der Waals surface area contributed by atoms with Crippen molar-refractivity contribution in [3.8, 4) is 11.4 Å². The van der Waals surface area contributed by atoms with Gasteiger partial charge in [0.1, 0.15) is 11.6 Å². The summed E-state index contributed by atoms with van der Waals surface area (Å²) in [4.78, 5) is 19.5. The number of halogens is 1. The van der Waals surface area contributed by atoms with Crippen LogP contribution in [0.15, 0.2) is 54.6 Å². The van der Waals surface area contributed by atoms with Gasteiger partial charge in [0, 0.05) is 24.8 Å². The van der Waals surface area contributed by atoms with Gasteiger partial charge in [-0.2, -0.15) is 0 Å². The third-order valence-electron chi connectivity index (χ3n) is 5.10. The summed E-state index contributed by atoms with van der Waals surface area (Å²) in [6.07, 6.45) is 4.00. The Morgan fingerprint density at radius 1 is 1.07 bits per heavy atom. The zero-order chi connectivity index (χ0) is 18.8. The fourth-order valence-electron chi connectivity index (χ4n) is 3.67. The van der Waals surface area contributed by atoms with Gasteiger partial charge in [0.05, 0.1) is 5.69 Å². The topological polar surface area (TPSA) is 38.1 Å². The average molecular weight is 363 g/mol. The molecule has 0 fully saturated rings. The molecule has 0 N–H and O–H groups in total. The van der Waals surface area contributed by atoms with Gasteiger partial charge in [0.15, 0.2) is 5.69 Å². The van der Waals surface area contributed by atoms with Crippen molar-refractivity contribution in [1.82, 2.24) is 9.55 Å². The summed E-state index contributed by atoms with van der Waals surface area (Å²) in [6.45, 7) is 0.802. The van der Waals surface area contributed by atoms with E-state index in [4.69, 9.17) is 4.98 Å². The third kappa shape index (κ3) is 3.37. The highest BCUT2D eigenvalue weighted by Gasteiger charge is 2.26. The maximum absolute atomic E-state index is 13.8. The van der Waals surface area contributed by atoms with Crippen LogP contribution in [-0.2, 0) is 13.0 Å². The minimum absolute atomic E-state index is 0.130. The number of fused-ring (bicyclic) bond motifs is 1. The van der Waals surface area contributed by atoms with Gasteiger partial charge in [-0.3, -0.25) is 4.79 Å². The molecule has 27 heavy (non-hydrogen) atoms. The fourth-order valence-corrected chi connectivity index (χ4v) is 3.67. The molecule has 0 spiro atoms. The van der Waals surface area contributed by atoms with Crippen LogP contribution in [0.2, 0.25) is 0 Å². The van der Waals surface area contributed by atoms with E-state index >= 15 is 0 Å².